The lowest BCUT2D eigenvalue weighted by molar-refractivity contribution is 0.107. The predicted octanol–water partition coefficient (Wildman–Crippen LogP) is 5.10. The van der Waals surface area contributed by atoms with Crippen LogP contribution in [0.3, 0.4) is 0 Å². The maximum absolute atomic E-state index is 16.7. The summed E-state index contributed by atoms with van der Waals surface area (Å²) in [6, 6.07) is 8.30. The number of fused-ring (bicyclic) bond motifs is 3. The molecule has 0 saturated carbocycles. The van der Waals surface area contributed by atoms with E-state index in [1.165, 1.54) is 6.07 Å². The molecule has 0 spiro atoms. The van der Waals surface area contributed by atoms with Gasteiger partial charge in [-0.05, 0) is 43.3 Å². The largest absolute Gasteiger partial charge is 0.461 e. The van der Waals surface area contributed by atoms with Crippen molar-refractivity contribution in [1.82, 2.24) is 25.2 Å². The molecule has 43 heavy (non-hydrogen) atoms. The summed E-state index contributed by atoms with van der Waals surface area (Å²) in [5.74, 6) is 2.01. The minimum absolute atomic E-state index is 0.00554. The third-order valence-electron chi connectivity index (χ3n) is 9.58. The highest BCUT2D eigenvalue weighted by molar-refractivity contribution is 6.02. The lowest BCUT2D eigenvalue weighted by atomic mass is 9.95. The summed E-state index contributed by atoms with van der Waals surface area (Å²) in [5, 5.41) is 4.92. The summed E-state index contributed by atoms with van der Waals surface area (Å²) in [6.45, 7) is 5.21. The number of rotatable bonds is 6. The van der Waals surface area contributed by atoms with E-state index in [9.17, 15) is 8.78 Å². The smallest absolute Gasteiger partial charge is 0.319 e. The van der Waals surface area contributed by atoms with Gasteiger partial charge in [-0.2, -0.15) is 9.97 Å². The summed E-state index contributed by atoms with van der Waals surface area (Å²) < 4.78 is 52.0. The van der Waals surface area contributed by atoms with Crippen LogP contribution in [-0.4, -0.2) is 77.4 Å². The predicted molar refractivity (Wildman–Crippen MR) is 161 cm³/mol. The van der Waals surface area contributed by atoms with Crippen LogP contribution in [0.2, 0.25) is 0 Å². The van der Waals surface area contributed by atoms with Crippen molar-refractivity contribution in [3.8, 4) is 29.6 Å². The van der Waals surface area contributed by atoms with Gasteiger partial charge in [0.05, 0.1) is 16.5 Å². The number of likely N-dealkylation sites (N-methyl/N-ethyl adjacent to an activating group) is 1. The SMILES string of the molecule is C#Cc1c(F)ccc2cccc(-c3ncc4c(N(C)[C@H]5CNC[C@@H]5C)nc(OC[C@@]56CCCN5C[C@H](F)C6)nc4c3F)c12. The molecule has 4 aromatic rings. The van der Waals surface area contributed by atoms with E-state index in [-0.39, 0.29) is 35.4 Å². The first kappa shape index (κ1) is 27.9. The maximum Gasteiger partial charge on any atom is 0.319 e. The van der Waals surface area contributed by atoms with Crippen molar-refractivity contribution in [3.05, 3.63) is 53.7 Å². The van der Waals surface area contributed by atoms with E-state index < -0.39 is 23.3 Å². The molecule has 222 valence electrons. The monoisotopic (exact) mass is 586 g/mol. The average molecular weight is 587 g/mol. The van der Waals surface area contributed by atoms with Crippen molar-refractivity contribution < 1.29 is 17.9 Å². The number of benzene rings is 2. The van der Waals surface area contributed by atoms with Crippen LogP contribution in [0, 0.1) is 29.9 Å². The lowest BCUT2D eigenvalue weighted by Gasteiger charge is -2.31. The minimum Gasteiger partial charge on any atom is -0.461 e. The first-order valence-corrected chi connectivity index (χ1v) is 14.8. The molecule has 0 amide bonds. The van der Waals surface area contributed by atoms with E-state index >= 15 is 4.39 Å². The number of nitrogens with zero attached hydrogens (tertiary/aromatic N) is 5. The third kappa shape index (κ3) is 4.57. The van der Waals surface area contributed by atoms with E-state index in [2.05, 4.69) is 33.0 Å². The Hall–Kier alpha value is -3.94. The number of aromatic nitrogens is 3. The molecule has 2 aromatic carbocycles. The molecule has 1 N–H and O–H groups in total. The molecule has 0 bridgehead atoms. The molecular formula is C33H33F3N6O. The van der Waals surface area contributed by atoms with E-state index in [0.29, 0.717) is 46.4 Å². The number of terminal acetylenes is 1. The van der Waals surface area contributed by atoms with Crippen LogP contribution in [0.4, 0.5) is 19.0 Å². The Bertz CT molecular complexity index is 1780. The van der Waals surface area contributed by atoms with Gasteiger partial charge in [0.2, 0.25) is 0 Å². The molecule has 10 heteroatoms. The minimum atomic E-state index is -0.899. The zero-order chi connectivity index (χ0) is 29.9. The number of halogens is 3. The molecule has 5 heterocycles. The lowest BCUT2D eigenvalue weighted by Crippen LogP contribution is -2.43. The summed E-state index contributed by atoms with van der Waals surface area (Å²) in [4.78, 5) is 18.1. The Morgan fingerprint density at radius 2 is 2.07 bits per heavy atom. The molecular weight excluding hydrogens is 553 g/mol. The van der Waals surface area contributed by atoms with Crippen LogP contribution in [-0.2, 0) is 0 Å². The van der Waals surface area contributed by atoms with Gasteiger partial charge in [-0.15, -0.1) is 6.42 Å². The number of hydrogen-bond acceptors (Lipinski definition) is 7. The Labute approximate surface area is 248 Å². The van der Waals surface area contributed by atoms with Crippen LogP contribution in [0.1, 0.15) is 31.7 Å². The first-order chi connectivity index (χ1) is 20.8. The number of ether oxygens (including phenoxy) is 1. The highest BCUT2D eigenvalue weighted by Gasteiger charge is 2.49. The quantitative estimate of drug-likeness (QED) is 0.315. The maximum atomic E-state index is 16.7. The average Bonchev–Trinajstić information content (AvgIpc) is 3.69. The van der Waals surface area contributed by atoms with Gasteiger partial charge in [0.1, 0.15) is 35.6 Å². The Morgan fingerprint density at radius 1 is 1.21 bits per heavy atom. The van der Waals surface area contributed by atoms with Gasteiger partial charge in [-0.3, -0.25) is 9.88 Å². The topological polar surface area (TPSA) is 66.4 Å². The molecule has 7 nitrogen and oxygen atoms in total. The number of pyridine rings is 1. The fourth-order valence-electron chi connectivity index (χ4n) is 7.35. The van der Waals surface area contributed by atoms with E-state index in [1.807, 2.05) is 11.9 Å². The Kier molecular flexibility index (Phi) is 6.90. The van der Waals surface area contributed by atoms with E-state index in [0.717, 1.165) is 32.5 Å². The van der Waals surface area contributed by atoms with Crippen LogP contribution in [0.15, 0.2) is 36.5 Å². The summed E-state index contributed by atoms with van der Waals surface area (Å²) in [6.07, 6.45) is 8.56. The molecule has 3 aliphatic heterocycles. The molecule has 0 aliphatic carbocycles. The van der Waals surface area contributed by atoms with Gasteiger partial charge in [0.15, 0.2) is 5.82 Å². The molecule has 3 fully saturated rings. The zero-order valence-electron chi connectivity index (χ0n) is 24.2. The van der Waals surface area contributed by atoms with Crippen molar-refractivity contribution >= 4 is 27.5 Å². The first-order valence-electron chi connectivity index (χ1n) is 14.8. The van der Waals surface area contributed by atoms with Crippen molar-refractivity contribution in [2.24, 2.45) is 5.92 Å². The van der Waals surface area contributed by atoms with Gasteiger partial charge in [0, 0.05) is 49.7 Å². The molecule has 3 aliphatic rings. The fraction of sp³-hybridized carbons (Fsp3) is 0.424. The van der Waals surface area contributed by atoms with E-state index in [4.69, 9.17) is 16.1 Å². The molecule has 3 saturated heterocycles. The normalized spacial score (nSPS) is 25.3. The van der Waals surface area contributed by atoms with Crippen molar-refractivity contribution in [3.63, 3.8) is 0 Å². The van der Waals surface area contributed by atoms with Gasteiger partial charge in [0.25, 0.3) is 0 Å². The molecule has 2 aromatic heterocycles. The van der Waals surface area contributed by atoms with Gasteiger partial charge in [-0.1, -0.05) is 37.1 Å². The van der Waals surface area contributed by atoms with Crippen molar-refractivity contribution in [2.75, 3.05) is 44.7 Å². The number of anilines is 1. The number of nitrogens with one attached hydrogen (secondary N) is 1. The van der Waals surface area contributed by atoms with Crippen LogP contribution >= 0.6 is 0 Å². The second-order valence-corrected chi connectivity index (χ2v) is 12.2. The van der Waals surface area contributed by atoms with Crippen LogP contribution in [0.5, 0.6) is 6.01 Å². The summed E-state index contributed by atoms with van der Waals surface area (Å²) in [7, 11) is 1.93. The Balaban J connectivity index is 1.37. The second kappa shape index (κ2) is 10.6. The fourth-order valence-corrected chi connectivity index (χ4v) is 7.35. The highest BCUT2D eigenvalue weighted by atomic mass is 19.1. The molecule has 7 rings (SSSR count). The van der Waals surface area contributed by atoms with E-state index in [1.54, 1.807) is 30.5 Å². The second-order valence-electron chi connectivity index (χ2n) is 12.2. The standard InChI is InChI=1S/C33H33F3N6O/c1-4-22-25(35)10-9-20-7-5-8-23(27(20)22)29-28(36)30-24(15-38-29)31(41(3)26-16-37-14-19(26)2)40-32(39-30)43-18-33-11-6-12-42(33)17-21(34)13-33/h1,5,7-10,15,19,21,26,37H,6,11-14,16-18H2,2-3H3/t19-,21+,26-,33-/m0/s1. The van der Waals surface area contributed by atoms with Crippen molar-refractivity contribution in [2.45, 2.75) is 43.9 Å². The molecule has 0 radical (unpaired) electrons. The van der Waals surface area contributed by atoms with Gasteiger partial charge in [-0.25, -0.2) is 13.2 Å². The summed E-state index contributed by atoms with van der Waals surface area (Å²) >= 11 is 0. The highest BCUT2D eigenvalue weighted by Crippen LogP contribution is 2.41. The summed E-state index contributed by atoms with van der Waals surface area (Å²) in [5.41, 5.74) is 0.0586. The molecule has 0 unspecified atom stereocenters. The zero-order valence-corrected chi connectivity index (χ0v) is 24.2. The molecule has 4 atom stereocenters. The van der Waals surface area contributed by atoms with Crippen LogP contribution < -0.4 is 15.0 Å². The Morgan fingerprint density at radius 3 is 2.86 bits per heavy atom. The number of alkyl halides is 1. The number of hydrogen-bond donors (Lipinski definition) is 1. The van der Waals surface area contributed by atoms with Gasteiger partial charge < -0.3 is 15.0 Å². The van der Waals surface area contributed by atoms with Crippen molar-refractivity contribution in [1.29, 1.82) is 0 Å². The van der Waals surface area contributed by atoms with Gasteiger partial charge >= 0.3 is 6.01 Å². The third-order valence-corrected chi connectivity index (χ3v) is 9.58. The van der Waals surface area contributed by atoms with Crippen LogP contribution in [0.25, 0.3) is 32.9 Å².